The van der Waals surface area contributed by atoms with Crippen LogP contribution in [0.15, 0.2) is 29.4 Å². The zero-order chi connectivity index (χ0) is 16.0. The summed E-state index contributed by atoms with van der Waals surface area (Å²) in [6.45, 7) is 5.54. The Morgan fingerprint density at radius 1 is 1.24 bits per heavy atom. The quantitative estimate of drug-likeness (QED) is 0.447. The van der Waals surface area contributed by atoms with E-state index in [4.69, 9.17) is 15.1 Å². The summed E-state index contributed by atoms with van der Waals surface area (Å²) >= 11 is 0. The van der Waals surface area contributed by atoms with Crippen LogP contribution in [0.5, 0.6) is 0 Å². The Morgan fingerprint density at radius 2 is 1.81 bits per heavy atom. The van der Waals surface area contributed by atoms with Crippen molar-refractivity contribution in [1.82, 2.24) is 5.32 Å². The normalized spacial score (nSPS) is 11.9. The Labute approximate surface area is 122 Å². The Hall–Kier alpha value is -2.57. The number of nitrogens with one attached hydrogen (secondary N) is 1. The average molecular weight is 294 g/mol. The number of carbonyl (C=O) groups excluding carboxylic acids is 1. The summed E-state index contributed by atoms with van der Waals surface area (Å²) in [5.74, 6) is -1.32. The van der Waals surface area contributed by atoms with Crippen LogP contribution in [0.25, 0.3) is 0 Å². The largest absolute Gasteiger partial charge is 0.476 e. The highest BCUT2D eigenvalue weighted by Gasteiger charge is 2.16. The van der Waals surface area contributed by atoms with E-state index in [0.717, 1.165) is 5.56 Å². The Morgan fingerprint density at radius 3 is 2.24 bits per heavy atom. The fourth-order valence-corrected chi connectivity index (χ4v) is 1.49. The third-order valence-corrected chi connectivity index (χ3v) is 2.37. The lowest BCUT2D eigenvalue weighted by Gasteiger charge is -2.19. The number of hydrogen-bond donors (Lipinski definition) is 3. The van der Waals surface area contributed by atoms with E-state index in [2.05, 4.69) is 10.5 Å². The summed E-state index contributed by atoms with van der Waals surface area (Å²) < 4.78 is 5.09. The van der Waals surface area contributed by atoms with Gasteiger partial charge in [0.25, 0.3) is 0 Å². The molecule has 0 bridgehead atoms. The van der Waals surface area contributed by atoms with Gasteiger partial charge in [0.05, 0.1) is 0 Å². The molecule has 0 aromatic heterocycles. The summed E-state index contributed by atoms with van der Waals surface area (Å²) in [6, 6.07) is 6.24. The van der Waals surface area contributed by atoms with E-state index in [1.807, 2.05) is 0 Å². The van der Waals surface area contributed by atoms with Crippen molar-refractivity contribution in [3.8, 4) is 0 Å². The minimum Gasteiger partial charge on any atom is -0.476 e. The van der Waals surface area contributed by atoms with Crippen molar-refractivity contribution in [3.05, 3.63) is 35.4 Å². The minimum absolute atomic E-state index is 0.244. The number of nitrogens with zero attached hydrogens (tertiary/aromatic N) is 1. The van der Waals surface area contributed by atoms with Crippen molar-refractivity contribution in [3.63, 3.8) is 0 Å². The predicted molar refractivity (Wildman–Crippen MR) is 75.5 cm³/mol. The summed E-state index contributed by atoms with van der Waals surface area (Å²) in [5, 5.41) is 22.8. The topological polar surface area (TPSA) is 108 Å². The van der Waals surface area contributed by atoms with Gasteiger partial charge >= 0.3 is 12.1 Å². The second kappa shape index (κ2) is 6.74. The summed E-state index contributed by atoms with van der Waals surface area (Å²) in [4.78, 5) is 22.3. The maximum absolute atomic E-state index is 11.5. The number of aliphatic carboxylic acids is 1. The molecule has 7 nitrogen and oxygen atoms in total. The van der Waals surface area contributed by atoms with Gasteiger partial charge in [0.2, 0.25) is 0 Å². The molecule has 0 unspecified atom stereocenters. The number of benzene rings is 1. The number of ether oxygens (including phenoxy) is 1. The smallest absolute Gasteiger partial charge is 0.407 e. The lowest BCUT2D eigenvalue weighted by atomic mass is 10.1. The fourth-order valence-electron chi connectivity index (χ4n) is 1.49. The van der Waals surface area contributed by atoms with Crippen LogP contribution in [-0.4, -0.2) is 33.7 Å². The van der Waals surface area contributed by atoms with Crippen LogP contribution in [-0.2, 0) is 16.1 Å². The minimum atomic E-state index is -1.32. The van der Waals surface area contributed by atoms with Crippen LogP contribution in [0.1, 0.15) is 31.9 Å². The first-order valence-corrected chi connectivity index (χ1v) is 6.24. The van der Waals surface area contributed by atoms with Crippen LogP contribution in [0.2, 0.25) is 0 Å². The van der Waals surface area contributed by atoms with E-state index < -0.39 is 23.4 Å². The molecular weight excluding hydrogens is 276 g/mol. The fraction of sp³-hybridized carbons (Fsp3) is 0.357. The van der Waals surface area contributed by atoms with Crippen molar-refractivity contribution in [2.75, 3.05) is 0 Å². The number of amides is 1. The molecule has 0 saturated carbocycles. The van der Waals surface area contributed by atoms with Crippen molar-refractivity contribution >= 4 is 17.8 Å². The molecule has 1 rings (SSSR count). The predicted octanol–water partition coefficient (Wildman–Crippen LogP) is 1.97. The number of carboxylic acids is 1. The molecule has 0 aliphatic carbocycles. The number of hydrogen-bond acceptors (Lipinski definition) is 5. The van der Waals surface area contributed by atoms with Gasteiger partial charge in [-0.1, -0.05) is 29.4 Å². The lowest BCUT2D eigenvalue weighted by molar-refractivity contribution is -0.129. The zero-order valence-corrected chi connectivity index (χ0v) is 12.1. The first kappa shape index (κ1) is 16.5. The molecule has 7 heteroatoms. The number of oxime groups is 1. The highest BCUT2D eigenvalue weighted by Crippen LogP contribution is 2.08. The van der Waals surface area contributed by atoms with Crippen molar-refractivity contribution in [1.29, 1.82) is 0 Å². The van der Waals surface area contributed by atoms with Crippen LogP contribution in [0.3, 0.4) is 0 Å². The second-order valence-electron chi connectivity index (χ2n) is 5.31. The van der Waals surface area contributed by atoms with Gasteiger partial charge in [0, 0.05) is 12.1 Å². The maximum atomic E-state index is 11.5. The highest BCUT2D eigenvalue weighted by molar-refractivity contribution is 6.42. The number of rotatable bonds is 4. The Bertz CT molecular complexity index is 543. The van der Waals surface area contributed by atoms with E-state index in [9.17, 15) is 9.59 Å². The van der Waals surface area contributed by atoms with Gasteiger partial charge in [0.1, 0.15) is 5.60 Å². The molecule has 0 aliphatic heterocycles. The first-order valence-electron chi connectivity index (χ1n) is 6.24. The summed E-state index contributed by atoms with van der Waals surface area (Å²) in [7, 11) is 0. The molecule has 3 N–H and O–H groups in total. The SMILES string of the molecule is CC(C)(C)OC(=O)NCc1ccc(C(=NO)C(=O)O)cc1. The standard InChI is InChI=1S/C14H18N2O5/c1-14(2,3)21-13(19)15-8-9-4-6-10(7-5-9)11(16-20)12(17)18/h4-7,20H,8H2,1-3H3,(H,15,19)(H,17,18). The van der Waals surface area contributed by atoms with Gasteiger partial charge in [0.15, 0.2) is 5.71 Å². The lowest BCUT2D eigenvalue weighted by Crippen LogP contribution is -2.32. The van der Waals surface area contributed by atoms with Crippen molar-refractivity contribution in [2.24, 2.45) is 5.16 Å². The number of alkyl carbamates (subject to hydrolysis) is 1. The third kappa shape index (κ3) is 5.52. The van der Waals surface area contributed by atoms with E-state index >= 15 is 0 Å². The molecule has 114 valence electrons. The number of carboxylic acid groups (broad SMARTS) is 1. The van der Waals surface area contributed by atoms with Crippen molar-refractivity contribution in [2.45, 2.75) is 32.9 Å². The first-order chi connectivity index (χ1) is 9.73. The van der Waals surface area contributed by atoms with E-state index in [-0.39, 0.29) is 12.1 Å². The second-order valence-corrected chi connectivity index (χ2v) is 5.31. The van der Waals surface area contributed by atoms with Gasteiger partial charge in [-0.15, -0.1) is 0 Å². The zero-order valence-electron chi connectivity index (χ0n) is 12.1. The van der Waals surface area contributed by atoms with E-state index in [1.165, 1.54) is 12.1 Å². The molecule has 0 radical (unpaired) electrons. The van der Waals surface area contributed by atoms with Crippen LogP contribution in [0, 0.1) is 0 Å². The third-order valence-electron chi connectivity index (χ3n) is 2.37. The molecule has 0 spiro atoms. The van der Waals surface area contributed by atoms with Crippen LogP contribution < -0.4 is 5.32 Å². The molecule has 0 atom stereocenters. The van der Waals surface area contributed by atoms with E-state index in [1.54, 1.807) is 32.9 Å². The molecule has 1 amide bonds. The van der Waals surface area contributed by atoms with Gasteiger partial charge in [-0.05, 0) is 26.3 Å². The molecule has 21 heavy (non-hydrogen) atoms. The molecule has 1 aromatic carbocycles. The van der Waals surface area contributed by atoms with Gasteiger partial charge < -0.3 is 20.4 Å². The monoisotopic (exact) mass is 294 g/mol. The van der Waals surface area contributed by atoms with Gasteiger partial charge in [-0.25, -0.2) is 9.59 Å². The molecular formula is C14H18N2O5. The molecule has 0 saturated heterocycles. The highest BCUT2D eigenvalue weighted by atomic mass is 16.6. The van der Waals surface area contributed by atoms with E-state index in [0.29, 0.717) is 0 Å². The van der Waals surface area contributed by atoms with Crippen molar-refractivity contribution < 1.29 is 24.6 Å². The van der Waals surface area contributed by atoms with Crippen LogP contribution in [0.4, 0.5) is 4.79 Å². The summed E-state index contributed by atoms with van der Waals surface area (Å²) in [5.41, 5.74) is 0.0158. The van der Waals surface area contributed by atoms with Gasteiger partial charge in [-0.3, -0.25) is 0 Å². The Balaban J connectivity index is 2.64. The molecule has 0 aliphatic rings. The van der Waals surface area contributed by atoms with Crippen LogP contribution >= 0.6 is 0 Å². The Kier molecular flexibility index (Phi) is 5.29. The molecule has 0 heterocycles. The molecule has 1 aromatic rings. The maximum Gasteiger partial charge on any atom is 0.407 e. The molecule has 0 fully saturated rings. The number of carbonyl (C=O) groups is 2. The summed E-state index contributed by atoms with van der Waals surface area (Å²) in [6.07, 6.45) is -0.533. The van der Waals surface area contributed by atoms with Gasteiger partial charge in [-0.2, -0.15) is 0 Å². The average Bonchev–Trinajstić information content (AvgIpc) is 2.36.